The van der Waals surface area contributed by atoms with Gasteiger partial charge in [-0.25, -0.2) is 0 Å². The van der Waals surface area contributed by atoms with E-state index in [0.717, 1.165) is 44.7 Å². The molecule has 2 rings (SSSR count). The number of nitrogens with zero attached hydrogens (tertiary/aromatic N) is 2. The maximum absolute atomic E-state index is 5.47. The van der Waals surface area contributed by atoms with Crippen LogP contribution in [0.1, 0.15) is 51.9 Å². The molecular formula is C17H34IN3O. The fourth-order valence-electron chi connectivity index (χ4n) is 3.53. The standard InChI is InChI=1S/C17H33N3O.HI/c1-3-18-17(20(2)13-16-10-12-21-14-16)19-11-6-9-15-7-4-5-8-15;/h15-16H,3-14H2,1-2H3,(H,18,19);1H. The molecule has 0 bridgehead atoms. The lowest BCUT2D eigenvalue weighted by atomic mass is 10.0. The van der Waals surface area contributed by atoms with Gasteiger partial charge in [-0.15, -0.1) is 24.0 Å². The van der Waals surface area contributed by atoms with Gasteiger partial charge < -0.3 is 15.0 Å². The molecule has 0 radical (unpaired) electrons. The molecule has 5 heteroatoms. The fourth-order valence-corrected chi connectivity index (χ4v) is 3.53. The van der Waals surface area contributed by atoms with E-state index in [4.69, 9.17) is 9.73 Å². The van der Waals surface area contributed by atoms with E-state index in [0.29, 0.717) is 5.92 Å². The van der Waals surface area contributed by atoms with Crippen LogP contribution in [0.5, 0.6) is 0 Å². The Balaban J connectivity index is 0.00000242. The summed E-state index contributed by atoms with van der Waals surface area (Å²) in [6.07, 6.45) is 9.58. The van der Waals surface area contributed by atoms with Crippen molar-refractivity contribution < 1.29 is 4.74 Å². The van der Waals surface area contributed by atoms with Crippen LogP contribution in [0.15, 0.2) is 4.99 Å². The van der Waals surface area contributed by atoms with Gasteiger partial charge >= 0.3 is 0 Å². The maximum Gasteiger partial charge on any atom is 0.193 e. The largest absolute Gasteiger partial charge is 0.381 e. The summed E-state index contributed by atoms with van der Waals surface area (Å²) in [5.41, 5.74) is 0. The third kappa shape index (κ3) is 7.02. The molecule has 1 saturated carbocycles. The molecule has 0 aromatic carbocycles. The lowest BCUT2D eigenvalue weighted by Gasteiger charge is -2.24. The van der Waals surface area contributed by atoms with Crippen LogP contribution in [-0.4, -0.2) is 50.8 Å². The van der Waals surface area contributed by atoms with Crippen molar-refractivity contribution in [3.05, 3.63) is 0 Å². The van der Waals surface area contributed by atoms with Crippen molar-refractivity contribution >= 4 is 29.9 Å². The highest BCUT2D eigenvalue weighted by molar-refractivity contribution is 14.0. The molecule has 1 aliphatic carbocycles. The molecule has 0 spiro atoms. The lowest BCUT2D eigenvalue weighted by molar-refractivity contribution is 0.181. The van der Waals surface area contributed by atoms with Gasteiger partial charge in [-0.05, 0) is 32.1 Å². The van der Waals surface area contributed by atoms with Gasteiger partial charge in [0.05, 0.1) is 6.61 Å². The molecule has 130 valence electrons. The Bertz CT molecular complexity index is 313. The quantitative estimate of drug-likeness (QED) is 0.295. The number of hydrogen-bond acceptors (Lipinski definition) is 2. The van der Waals surface area contributed by atoms with Crippen LogP contribution in [0.4, 0.5) is 0 Å². The molecule has 1 aliphatic heterocycles. The molecule has 22 heavy (non-hydrogen) atoms. The van der Waals surface area contributed by atoms with Crippen molar-refractivity contribution in [2.45, 2.75) is 51.9 Å². The second kappa shape index (κ2) is 11.5. The monoisotopic (exact) mass is 423 g/mol. The predicted octanol–water partition coefficient (Wildman–Crippen LogP) is 3.51. The summed E-state index contributed by atoms with van der Waals surface area (Å²) >= 11 is 0. The van der Waals surface area contributed by atoms with Gasteiger partial charge in [0, 0.05) is 39.2 Å². The average molecular weight is 423 g/mol. The summed E-state index contributed by atoms with van der Waals surface area (Å²) in [5, 5.41) is 3.42. The van der Waals surface area contributed by atoms with Crippen molar-refractivity contribution in [2.75, 3.05) is 39.9 Å². The van der Waals surface area contributed by atoms with E-state index >= 15 is 0 Å². The highest BCUT2D eigenvalue weighted by atomic mass is 127. The van der Waals surface area contributed by atoms with Crippen LogP contribution < -0.4 is 5.32 Å². The molecular weight excluding hydrogens is 389 g/mol. The minimum absolute atomic E-state index is 0. The molecule has 1 atom stereocenters. The van der Waals surface area contributed by atoms with Crippen molar-refractivity contribution in [2.24, 2.45) is 16.8 Å². The summed E-state index contributed by atoms with van der Waals surface area (Å²) < 4.78 is 5.47. The molecule has 0 amide bonds. The number of rotatable bonds is 7. The van der Waals surface area contributed by atoms with Gasteiger partial charge in [0.25, 0.3) is 0 Å². The Morgan fingerprint density at radius 3 is 2.64 bits per heavy atom. The van der Waals surface area contributed by atoms with Crippen molar-refractivity contribution in [3.8, 4) is 0 Å². The molecule has 2 fully saturated rings. The van der Waals surface area contributed by atoms with E-state index in [1.165, 1.54) is 44.9 Å². The third-order valence-corrected chi connectivity index (χ3v) is 4.76. The van der Waals surface area contributed by atoms with Gasteiger partial charge in [0.2, 0.25) is 0 Å². The van der Waals surface area contributed by atoms with Crippen LogP contribution in [0.2, 0.25) is 0 Å². The van der Waals surface area contributed by atoms with Gasteiger partial charge in [0.1, 0.15) is 0 Å². The van der Waals surface area contributed by atoms with Crippen LogP contribution in [0.3, 0.4) is 0 Å². The summed E-state index contributed by atoms with van der Waals surface area (Å²) in [6, 6.07) is 0. The Kier molecular flexibility index (Phi) is 10.4. The second-order valence-electron chi connectivity index (χ2n) is 6.64. The topological polar surface area (TPSA) is 36.9 Å². The van der Waals surface area contributed by atoms with Crippen molar-refractivity contribution in [1.29, 1.82) is 0 Å². The molecule has 1 N–H and O–H groups in total. The SMILES string of the molecule is CCNC(=NCCCC1CCCC1)N(C)CC1CCOC1.I. The molecule has 2 aliphatic rings. The first-order valence-corrected chi connectivity index (χ1v) is 8.86. The highest BCUT2D eigenvalue weighted by Crippen LogP contribution is 2.28. The Labute approximate surface area is 153 Å². The molecule has 1 unspecified atom stereocenters. The summed E-state index contributed by atoms with van der Waals surface area (Å²) in [5.74, 6) is 2.71. The average Bonchev–Trinajstić information content (AvgIpc) is 3.15. The molecule has 0 aromatic rings. The summed E-state index contributed by atoms with van der Waals surface area (Å²) in [4.78, 5) is 7.08. The minimum atomic E-state index is 0. The molecule has 1 saturated heterocycles. The minimum Gasteiger partial charge on any atom is -0.381 e. The fraction of sp³-hybridized carbons (Fsp3) is 0.941. The lowest BCUT2D eigenvalue weighted by Crippen LogP contribution is -2.41. The molecule has 0 aromatic heterocycles. The van der Waals surface area contributed by atoms with Crippen LogP contribution >= 0.6 is 24.0 Å². The first-order chi connectivity index (χ1) is 10.3. The number of nitrogens with one attached hydrogen (secondary N) is 1. The predicted molar refractivity (Wildman–Crippen MR) is 104 cm³/mol. The molecule has 1 heterocycles. The van der Waals surface area contributed by atoms with Crippen LogP contribution in [0, 0.1) is 11.8 Å². The van der Waals surface area contributed by atoms with Gasteiger partial charge in [0.15, 0.2) is 5.96 Å². The maximum atomic E-state index is 5.47. The highest BCUT2D eigenvalue weighted by Gasteiger charge is 2.19. The Morgan fingerprint density at radius 1 is 1.23 bits per heavy atom. The van der Waals surface area contributed by atoms with E-state index in [-0.39, 0.29) is 24.0 Å². The van der Waals surface area contributed by atoms with Crippen molar-refractivity contribution in [1.82, 2.24) is 10.2 Å². The Morgan fingerprint density at radius 2 is 2.00 bits per heavy atom. The first kappa shape index (κ1) is 20.0. The van der Waals surface area contributed by atoms with Gasteiger partial charge in [-0.3, -0.25) is 4.99 Å². The van der Waals surface area contributed by atoms with Crippen LogP contribution in [-0.2, 0) is 4.74 Å². The summed E-state index contributed by atoms with van der Waals surface area (Å²) in [7, 11) is 2.15. The number of ether oxygens (including phenoxy) is 1. The van der Waals surface area contributed by atoms with E-state index in [9.17, 15) is 0 Å². The Hall–Kier alpha value is -0.0400. The first-order valence-electron chi connectivity index (χ1n) is 8.86. The van der Waals surface area contributed by atoms with E-state index in [1.54, 1.807) is 0 Å². The van der Waals surface area contributed by atoms with Crippen LogP contribution in [0.25, 0.3) is 0 Å². The number of aliphatic imine (C=N–C) groups is 1. The zero-order valence-electron chi connectivity index (χ0n) is 14.4. The van der Waals surface area contributed by atoms with Gasteiger partial charge in [-0.2, -0.15) is 0 Å². The summed E-state index contributed by atoms with van der Waals surface area (Å²) in [6.45, 7) is 6.92. The third-order valence-electron chi connectivity index (χ3n) is 4.76. The number of halogens is 1. The van der Waals surface area contributed by atoms with E-state index < -0.39 is 0 Å². The normalized spacial score (nSPS) is 22.6. The molecule has 4 nitrogen and oxygen atoms in total. The van der Waals surface area contributed by atoms with Gasteiger partial charge in [-0.1, -0.05) is 25.7 Å². The van der Waals surface area contributed by atoms with Crippen molar-refractivity contribution in [3.63, 3.8) is 0 Å². The number of hydrogen-bond donors (Lipinski definition) is 1. The zero-order valence-corrected chi connectivity index (χ0v) is 16.7. The van der Waals surface area contributed by atoms with E-state index in [1.807, 2.05) is 0 Å². The smallest absolute Gasteiger partial charge is 0.193 e. The van der Waals surface area contributed by atoms with E-state index in [2.05, 4.69) is 24.2 Å². The number of guanidine groups is 1. The second-order valence-corrected chi connectivity index (χ2v) is 6.64. The zero-order chi connectivity index (χ0) is 14.9.